The molecule has 0 atom stereocenters. The zero-order valence-corrected chi connectivity index (χ0v) is 14.4. The molecule has 0 aromatic heterocycles. The minimum atomic E-state index is -0.761. The predicted molar refractivity (Wildman–Crippen MR) is 91.6 cm³/mol. The number of carbonyl (C=O) groups is 1. The number of rotatable bonds is 5. The fraction of sp³-hybridized carbons (Fsp3) is 0.667. The van der Waals surface area contributed by atoms with Crippen molar-refractivity contribution < 1.29 is 13.6 Å². The highest BCUT2D eigenvalue weighted by Crippen LogP contribution is 2.41. The van der Waals surface area contributed by atoms with Crippen LogP contribution in [0, 0.1) is 35.3 Å². The summed E-state index contributed by atoms with van der Waals surface area (Å²) in [5, 5.41) is 0. The maximum absolute atomic E-state index is 13.3. The van der Waals surface area contributed by atoms with Gasteiger partial charge in [0.1, 0.15) is 6.29 Å². The van der Waals surface area contributed by atoms with Crippen molar-refractivity contribution in [2.24, 2.45) is 23.7 Å². The van der Waals surface area contributed by atoms with E-state index in [2.05, 4.69) is 0 Å². The molecule has 1 aromatic carbocycles. The molecular weight excluding hydrogens is 306 g/mol. The number of halogens is 2. The molecule has 24 heavy (non-hydrogen) atoms. The lowest BCUT2D eigenvalue weighted by Crippen LogP contribution is -2.26. The Balaban J connectivity index is 1.40. The van der Waals surface area contributed by atoms with Gasteiger partial charge >= 0.3 is 0 Å². The van der Waals surface area contributed by atoms with E-state index in [9.17, 15) is 13.6 Å². The lowest BCUT2D eigenvalue weighted by Gasteiger charge is -2.37. The van der Waals surface area contributed by atoms with Crippen LogP contribution in [-0.4, -0.2) is 6.29 Å². The minimum absolute atomic E-state index is 0.314. The third-order valence-electron chi connectivity index (χ3n) is 6.39. The quantitative estimate of drug-likeness (QED) is 0.630. The van der Waals surface area contributed by atoms with Gasteiger partial charge in [-0.25, -0.2) is 8.78 Å². The summed E-state index contributed by atoms with van der Waals surface area (Å²) < 4.78 is 26.2. The van der Waals surface area contributed by atoms with E-state index in [0.717, 1.165) is 55.3 Å². The number of hydrogen-bond donors (Lipinski definition) is 0. The summed E-state index contributed by atoms with van der Waals surface area (Å²) >= 11 is 0. The highest BCUT2D eigenvalue weighted by molar-refractivity contribution is 5.53. The van der Waals surface area contributed by atoms with E-state index in [0.29, 0.717) is 5.92 Å². The van der Waals surface area contributed by atoms with Gasteiger partial charge in [0, 0.05) is 5.92 Å². The van der Waals surface area contributed by atoms with E-state index in [1.54, 1.807) is 6.07 Å². The molecule has 2 fully saturated rings. The summed E-state index contributed by atoms with van der Waals surface area (Å²) in [7, 11) is 0. The maximum Gasteiger partial charge on any atom is 0.159 e. The van der Waals surface area contributed by atoms with Crippen molar-refractivity contribution in [3.05, 3.63) is 35.4 Å². The Morgan fingerprint density at radius 2 is 1.50 bits per heavy atom. The molecule has 0 heterocycles. The van der Waals surface area contributed by atoms with Gasteiger partial charge in [0.2, 0.25) is 0 Å². The number of aldehydes is 1. The number of aryl methyl sites for hydroxylation is 1. The Hall–Kier alpha value is -1.25. The Morgan fingerprint density at radius 1 is 0.875 bits per heavy atom. The molecule has 132 valence electrons. The molecule has 0 radical (unpaired) electrons. The molecule has 2 aliphatic carbocycles. The zero-order chi connectivity index (χ0) is 16.9. The summed E-state index contributed by atoms with van der Waals surface area (Å²) in [5.74, 6) is 1.21. The van der Waals surface area contributed by atoms with Gasteiger partial charge in [0.25, 0.3) is 0 Å². The lowest BCUT2D eigenvalue weighted by atomic mass is 9.69. The van der Waals surface area contributed by atoms with Crippen LogP contribution in [0.25, 0.3) is 0 Å². The number of hydrogen-bond acceptors (Lipinski definition) is 1. The van der Waals surface area contributed by atoms with E-state index in [1.807, 2.05) is 0 Å². The summed E-state index contributed by atoms with van der Waals surface area (Å²) in [5.41, 5.74) is 0.906. The van der Waals surface area contributed by atoms with Crippen LogP contribution < -0.4 is 0 Å². The highest BCUT2D eigenvalue weighted by atomic mass is 19.2. The topological polar surface area (TPSA) is 17.1 Å². The Kier molecular flexibility index (Phi) is 6.02. The smallest absolute Gasteiger partial charge is 0.159 e. The average molecular weight is 334 g/mol. The fourth-order valence-corrected chi connectivity index (χ4v) is 4.77. The highest BCUT2D eigenvalue weighted by Gasteiger charge is 2.30. The number of benzene rings is 1. The van der Waals surface area contributed by atoms with Crippen LogP contribution in [0.2, 0.25) is 0 Å². The van der Waals surface area contributed by atoms with Gasteiger partial charge in [0.15, 0.2) is 11.6 Å². The van der Waals surface area contributed by atoms with Gasteiger partial charge in [-0.05, 0) is 86.8 Å². The molecule has 3 heteroatoms. The Labute approximate surface area is 143 Å². The first-order valence-corrected chi connectivity index (χ1v) is 9.55. The average Bonchev–Trinajstić information content (AvgIpc) is 2.63. The van der Waals surface area contributed by atoms with Crippen LogP contribution in [0.5, 0.6) is 0 Å². The second-order valence-electron chi connectivity index (χ2n) is 7.88. The van der Waals surface area contributed by atoms with Crippen LogP contribution in [0.15, 0.2) is 18.2 Å². The van der Waals surface area contributed by atoms with Crippen LogP contribution in [0.1, 0.15) is 63.4 Å². The standard InChI is InChI=1S/C21H28F2O/c22-20-12-7-16(13-21(20)23)2-1-15-3-8-18(9-4-15)19-10-5-17(14-24)6-11-19/h7,12-15,17-19H,1-6,8-11H2. The van der Waals surface area contributed by atoms with E-state index < -0.39 is 11.6 Å². The third kappa shape index (κ3) is 4.43. The molecule has 1 nitrogen and oxygen atoms in total. The summed E-state index contributed by atoms with van der Waals surface area (Å²) in [4.78, 5) is 10.9. The van der Waals surface area contributed by atoms with E-state index in [-0.39, 0.29) is 0 Å². The van der Waals surface area contributed by atoms with Crippen molar-refractivity contribution in [1.29, 1.82) is 0 Å². The molecule has 0 unspecified atom stereocenters. The van der Waals surface area contributed by atoms with Crippen LogP contribution in [0.4, 0.5) is 8.78 Å². The van der Waals surface area contributed by atoms with Crippen LogP contribution >= 0.6 is 0 Å². The van der Waals surface area contributed by atoms with E-state index in [4.69, 9.17) is 0 Å². The molecule has 2 aliphatic rings. The lowest BCUT2D eigenvalue weighted by molar-refractivity contribution is -0.112. The second kappa shape index (κ2) is 8.22. The van der Waals surface area contributed by atoms with Gasteiger partial charge in [-0.3, -0.25) is 0 Å². The van der Waals surface area contributed by atoms with Crippen molar-refractivity contribution in [1.82, 2.24) is 0 Å². The largest absolute Gasteiger partial charge is 0.303 e. The van der Waals surface area contributed by atoms with Gasteiger partial charge in [0.05, 0.1) is 0 Å². The van der Waals surface area contributed by atoms with Crippen molar-refractivity contribution in [2.45, 2.75) is 64.2 Å². The summed E-state index contributed by atoms with van der Waals surface area (Å²) in [6, 6.07) is 4.28. The molecule has 1 aromatic rings. The number of carbonyl (C=O) groups excluding carboxylic acids is 1. The first kappa shape index (κ1) is 17.6. The maximum atomic E-state index is 13.3. The second-order valence-corrected chi connectivity index (χ2v) is 7.88. The molecule has 0 N–H and O–H groups in total. The normalized spacial score (nSPS) is 30.9. The molecule has 0 aliphatic heterocycles. The van der Waals surface area contributed by atoms with Gasteiger partial charge in [-0.2, -0.15) is 0 Å². The van der Waals surface area contributed by atoms with Gasteiger partial charge in [-0.15, -0.1) is 0 Å². The molecule has 0 amide bonds. The SMILES string of the molecule is O=CC1CCC(C2CCC(CCc3ccc(F)c(F)c3)CC2)CC1. The van der Waals surface area contributed by atoms with Crippen LogP contribution in [0.3, 0.4) is 0 Å². The van der Waals surface area contributed by atoms with Gasteiger partial charge in [-0.1, -0.05) is 18.9 Å². The molecule has 0 spiro atoms. The molecular formula is C21H28F2O. The zero-order valence-electron chi connectivity index (χ0n) is 14.4. The fourth-order valence-electron chi connectivity index (χ4n) is 4.77. The van der Waals surface area contributed by atoms with Crippen LogP contribution in [-0.2, 0) is 11.2 Å². The molecule has 2 saturated carbocycles. The monoisotopic (exact) mass is 334 g/mol. The predicted octanol–water partition coefficient (Wildman–Crippen LogP) is 5.71. The molecule has 3 rings (SSSR count). The van der Waals surface area contributed by atoms with Crippen molar-refractivity contribution in [3.63, 3.8) is 0 Å². The van der Waals surface area contributed by atoms with E-state index >= 15 is 0 Å². The Morgan fingerprint density at radius 3 is 2.08 bits per heavy atom. The Bertz CT molecular complexity index is 541. The van der Waals surface area contributed by atoms with Crippen molar-refractivity contribution in [3.8, 4) is 0 Å². The molecule has 0 saturated heterocycles. The summed E-state index contributed by atoms with van der Waals surface area (Å²) in [6.45, 7) is 0. The minimum Gasteiger partial charge on any atom is -0.303 e. The molecule has 0 bridgehead atoms. The van der Waals surface area contributed by atoms with Gasteiger partial charge < -0.3 is 4.79 Å². The van der Waals surface area contributed by atoms with E-state index in [1.165, 1.54) is 50.7 Å². The van der Waals surface area contributed by atoms with Crippen molar-refractivity contribution >= 4 is 6.29 Å². The first-order chi connectivity index (χ1) is 11.7. The van der Waals surface area contributed by atoms with Crippen molar-refractivity contribution in [2.75, 3.05) is 0 Å². The summed E-state index contributed by atoms with van der Waals surface area (Å²) in [6.07, 6.45) is 12.8. The first-order valence-electron chi connectivity index (χ1n) is 9.55. The third-order valence-corrected chi connectivity index (χ3v) is 6.39.